The van der Waals surface area contributed by atoms with E-state index in [-0.39, 0.29) is 0 Å². The molecule has 0 radical (unpaired) electrons. The van der Waals surface area contributed by atoms with Gasteiger partial charge in [0.2, 0.25) is 12.2 Å². The molecule has 108 valence electrons. The van der Waals surface area contributed by atoms with Crippen LogP contribution in [0.1, 0.15) is 0 Å². The van der Waals surface area contributed by atoms with Crippen LogP contribution in [0.4, 0.5) is 0 Å². The van der Waals surface area contributed by atoms with E-state index in [2.05, 4.69) is 30.1 Å². The predicted octanol–water partition coefficient (Wildman–Crippen LogP) is -2.57. The standard InChI is InChI=1S/C9H11BrO9/c10-9(3-13)8(16)18-4(1-11)6(14)17-5(2-12)7(15)19-9/h4-5,11-13H,1-3H2. The van der Waals surface area contributed by atoms with Crippen molar-refractivity contribution < 1.29 is 43.9 Å². The van der Waals surface area contributed by atoms with Gasteiger partial charge in [0.15, 0.2) is 0 Å². The van der Waals surface area contributed by atoms with E-state index in [9.17, 15) is 14.4 Å². The molecule has 1 aliphatic heterocycles. The second-order valence-corrected chi connectivity index (χ2v) is 4.77. The van der Waals surface area contributed by atoms with E-state index < -0.39 is 54.4 Å². The van der Waals surface area contributed by atoms with Crippen molar-refractivity contribution in [1.82, 2.24) is 0 Å². The zero-order valence-electron chi connectivity index (χ0n) is 9.45. The van der Waals surface area contributed by atoms with Crippen LogP contribution < -0.4 is 0 Å². The number of hydrogen-bond acceptors (Lipinski definition) is 9. The lowest BCUT2D eigenvalue weighted by Gasteiger charge is -2.23. The second kappa shape index (κ2) is 6.28. The maximum Gasteiger partial charge on any atom is 0.365 e. The van der Waals surface area contributed by atoms with Crippen molar-refractivity contribution in [3.05, 3.63) is 0 Å². The third-order valence-electron chi connectivity index (χ3n) is 2.14. The Bertz CT molecular complexity index is 382. The van der Waals surface area contributed by atoms with E-state index in [4.69, 9.17) is 15.3 Å². The molecular weight excluding hydrogens is 332 g/mol. The average molecular weight is 343 g/mol. The monoisotopic (exact) mass is 342 g/mol. The number of alkyl halides is 1. The summed E-state index contributed by atoms with van der Waals surface area (Å²) in [7, 11) is 0. The topological polar surface area (TPSA) is 140 Å². The van der Waals surface area contributed by atoms with Crippen molar-refractivity contribution in [3.63, 3.8) is 0 Å². The van der Waals surface area contributed by atoms with Crippen molar-refractivity contribution in [3.8, 4) is 0 Å². The first-order chi connectivity index (χ1) is 8.87. The van der Waals surface area contributed by atoms with Crippen LogP contribution in [0.25, 0.3) is 0 Å². The zero-order valence-corrected chi connectivity index (χ0v) is 11.0. The number of carbonyl (C=O) groups excluding carboxylic acids is 3. The van der Waals surface area contributed by atoms with E-state index in [1.807, 2.05) is 0 Å². The number of aliphatic hydroxyl groups is 3. The zero-order chi connectivity index (χ0) is 14.6. The summed E-state index contributed by atoms with van der Waals surface area (Å²) in [5.74, 6) is -3.77. The Morgan fingerprint density at radius 2 is 1.53 bits per heavy atom. The summed E-state index contributed by atoms with van der Waals surface area (Å²) in [5, 5.41) is 26.9. The molecule has 0 bridgehead atoms. The van der Waals surface area contributed by atoms with Crippen LogP contribution in [0.2, 0.25) is 0 Å². The molecule has 1 fully saturated rings. The molecule has 9 nitrogen and oxygen atoms in total. The van der Waals surface area contributed by atoms with E-state index in [1.165, 1.54) is 0 Å². The molecule has 3 atom stereocenters. The lowest BCUT2D eigenvalue weighted by Crippen LogP contribution is -2.45. The molecule has 3 N–H and O–H groups in total. The number of esters is 3. The maximum absolute atomic E-state index is 11.6. The van der Waals surface area contributed by atoms with Gasteiger partial charge in [0.1, 0.15) is 6.61 Å². The van der Waals surface area contributed by atoms with E-state index >= 15 is 0 Å². The Balaban J connectivity index is 3.10. The van der Waals surface area contributed by atoms with Gasteiger partial charge in [-0.2, -0.15) is 0 Å². The minimum absolute atomic E-state index is 0.897. The second-order valence-electron chi connectivity index (χ2n) is 3.49. The predicted molar refractivity (Wildman–Crippen MR) is 58.8 cm³/mol. The fourth-order valence-corrected chi connectivity index (χ4v) is 1.37. The molecule has 0 amide bonds. The van der Waals surface area contributed by atoms with E-state index in [0.29, 0.717) is 0 Å². The third-order valence-corrected chi connectivity index (χ3v) is 2.87. The Labute approximate surface area is 115 Å². The van der Waals surface area contributed by atoms with Gasteiger partial charge in [0.25, 0.3) is 4.51 Å². The molecule has 10 heteroatoms. The third kappa shape index (κ3) is 3.41. The summed E-state index contributed by atoms with van der Waals surface area (Å²) >= 11 is 2.66. The summed E-state index contributed by atoms with van der Waals surface area (Å²) in [5.41, 5.74) is 0. The highest BCUT2D eigenvalue weighted by molar-refractivity contribution is 9.10. The molecule has 0 aromatic carbocycles. The molecule has 1 saturated heterocycles. The number of halogens is 1. The smallest absolute Gasteiger partial charge is 0.365 e. The van der Waals surface area contributed by atoms with E-state index in [1.54, 1.807) is 0 Å². The van der Waals surface area contributed by atoms with Crippen LogP contribution in [-0.2, 0) is 28.6 Å². The maximum atomic E-state index is 11.6. The highest BCUT2D eigenvalue weighted by Gasteiger charge is 2.47. The summed E-state index contributed by atoms with van der Waals surface area (Å²) < 4.78 is 11.4. The lowest BCUT2D eigenvalue weighted by molar-refractivity contribution is -0.178. The summed E-state index contributed by atoms with van der Waals surface area (Å²) in [6.07, 6.45) is -3.39. The molecule has 0 aromatic heterocycles. The fraction of sp³-hybridized carbons (Fsp3) is 0.667. The van der Waals surface area contributed by atoms with Gasteiger partial charge in [-0.25, -0.2) is 14.4 Å². The Morgan fingerprint density at radius 1 is 1.00 bits per heavy atom. The first-order valence-corrected chi connectivity index (χ1v) is 5.83. The highest BCUT2D eigenvalue weighted by Crippen LogP contribution is 2.25. The summed E-state index contributed by atoms with van der Waals surface area (Å²) in [6.45, 7) is -2.78. The molecule has 19 heavy (non-hydrogen) atoms. The fourth-order valence-electron chi connectivity index (χ4n) is 1.12. The number of ether oxygens (including phenoxy) is 3. The van der Waals surface area contributed by atoms with Crippen LogP contribution in [0.3, 0.4) is 0 Å². The Hall–Kier alpha value is -1.23. The molecule has 0 aliphatic carbocycles. The molecule has 0 spiro atoms. The normalized spacial score (nSPS) is 32.5. The SMILES string of the molecule is O=C1OC(Br)(CO)C(=O)OC(CO)C(=O)OC1CO. The van der Waals surface area contributed by atoms with Crippen LogP contribution in [0.15, 0.2) is 0 Å². The van der Waals surface area contributed by atoms with Crippen molar-refractivity contribution in [2.75, 3.05) is 19.8 Å². The largest absolute Gasteiger partial charge is 0.445 e. The molecule has 1 aliphatic rings. The first-order valence-electron chi connectivity index (χ1n) is 5.04. The Kier molecular flexibility index (Phi) is 5.23. The van der Waals surface area contributed by atoms with Crippen molar-refractivity contribution >= 4 is 33.8 Å². The summed E-state index contributed by atoms with van der Waals surface area (Å²) in [6, 6.07) is 0. The molecule has 1 heterocycles. The number of rotatable bonds is 3. The number of carbonyl (C=O) groups is 3. The van der Waals surface area contributed by atoms with Gasteiger partial charge >= 0.3 is 17.9 Å². The van der Waals surface area contributed by atoms with Crippen LogP contribution >= 0.6 is 15.9 Å². The molecule has 1 rings (SSSR count). The number of cyclic esters (lactones) is 3. The first kappa shape index (κ1) is 15.8. The van der Waals surface area contributed by atoms with Crippen LogP contribution in [0, 0.1) is 0 Å². The van der Waals surface area contributed by atoms with Crippen molar-refractivity contribution in [1.29, 1.82) is 0 Å². The lowest BCUT2D eigenvalue weighted by atomic mass is 10.3. The molecular formula is C9H11BrO9. The van der Waals surface area contributed by atoms with Gasteiger partial charge in [-0.15, -0.1) is 0 Å². The molecule has 3 unspecified atom stereocenters. The van der Waals surface area contributed by atoms with Gasteiger partial charge in [-0.1, -0.05) is 0 Å². The van der Waals surface area contributed by atoms with Crippen molar-refractivity contribution in [2.45, 2.75) is 16.7 Å². The van der Waals surface area contributed by atoms with Crippen LogP contribution in [-0.4, -0.2) is 69.8 Å². The number of hydrogen-bond donors (Lipinski definition) is 3. The van der Waals surface area contributed by atoms with Gasteiger partial charge in [-0.05, 0) is 15.9 Å². The van der Waals surface area contributed by atoms with Gasteiger partial charge < -0.3 is 29.5 Å². The highest BCUT2D eigenvalue weighted by atomic mass is 79.9. The molecule has 0 saturated carbocycles. The minimum Gasteiger partial charge on any atom is -0.445 e. The van der Waals surface area contributed by atoms with Gasteiger partial charge in [0, 0.05) is 0 Å². The minimum atomic E-state index is -2.24. The van der Waals surface area contributed by atoms with Gasteiger partial charge in [0.05, 0.1) is 13.2 Å². The van der Waals surface area contributed by atoms with E-state index in [0.717, 1.165) is 0 Å². The summed E-state index contributed by atoms with van der Waals surface area (Å²) in [4.78, 5) is 34.6. The quantitative estimate of drug-likeness (QED) is 0.287. The van der Waals surface area contributed by atoms with Gasteiger partial charge in [-0.3, -0.25) is 0 Å². The molecule has 0 aromatic rings. The average Bonchev–Trinajstić information content (AvgIpc) is 2.42. The van der Waals surface area contributed by atoms with Crippen LogP contribution in [0.5, 0.6) is 0 Å². The Morgan fingerprint density at radius 3 is 2.00 bits per heavy atom. The van der Waals surface area contributed by atoms with Crippen molar-refractivity contribution in [2.24, 2.45) is 0 Å². The number of aliphatic hydroxyl groups excluding tert-OH is 3.